The second kappa shape index (κ2) is 5.27. The van der Waals surface area contributed by atoms with Crippen LogP contribution in [0.2, 0.25) is 9.62 Å². The molecule has 0 aliphatic carbocycles. The van der Waals surface area contributed by atoms with Gasteiger partial charge >= 0.3 is 0 Å². The molecule has 0 atom stereocenters. The van der Waals surface area contributed by atoms with Gasteiger partial charge in [0.05, 0.1) is 4.88 Å². The van der Waals surface area contributed by atoms with E-state index < -0.39 is 0 Å². The van der Waals surface area contributed by atoms with Gasteiger partial charge in [-0.25, -0.2) is 15.0 Å². The Morgan fingerprint density at radius 2 is 2.06 bits per heavy atom. The first-order chi connectivity index (χ1) is 8.47. The molecule has 6 nitrogen and oxygen atoms in total. The van der Waals surface area contributed by atoms with Gasteiger partial charge in [0.25, 0.3) is 0 Å². The monoisotopic (exact) mass is 321 g/mol. The van der Waals surface area contributed by atoms with E-state index in [-0.39, 0.29) is 27.7 Å². The van der Waals surface area contributed by atoms with Crippen LogP contribution >= 0.6 is 47.2 Å². The van der Waals surface area contributed by atoms with Crippen molar-refractivity contribution in [3.05, 3.63) is 14.5 Å². The molecule has 0 fully saturated rings. The highest BCUT2D eigenvalue weighted by molar-refractivity contribution is 7.80. The molecule has 0 bridgehead atoms. The maximum absolute atomic E-state index is 9.56. The maximum atomic E-state index is 9.56. The maximum Gasteiger partial charge on any atom is 0.243 e. The summed E-state index contributed by atoms with van der Waals surface area (Å²) in [6.07, 6.45) is 1.37. The molecule has 18 heavy (non-hydrogen) atoms. The topological polar surface area (TPSA) is 97.3 Å². The summed E-state index contributed by atoms with van der Waals surface area (Å²) >= 11 is 16.5. The summed E-state index contributed by atoms with van der Waals surface area (Å²) in [5.41, 5.74) is 5.62. The van der Waals surface area contributed by atoms with Crippen molar-refractivity contribution in [1.82, 2.24) is 15.0 Å². The van der Waals surface area contributed by atoms with Crippen molar-refractivity contribution in [3.63, 3.8) is 0 Å². The van der Waals surface area contributed by atoms with Crippen molar-refractivity contribution in [2.75, 3.05) is 5.73 Å². The predicted octanol–water partition coefficient (Wildman–Crippen LogP) is 2.57. The minimum atomic E-state index is -0.365. The van der Waals surface area contributed by atoms with Crippen LogP contribution in [-0.4, -0.2) is 26.3 Å². The van der Waals surface area contributed by atoms with Crippen molar-refractivity contribution in [2.45, 2.75) is 5.16 Å². The van der Waals surface area contributed by atoms with E-state index >= 15 is 0 Å². The number of halogens is 2. The SMILES string of the molecule is Nc1nc(S)nc(O)c1/N=C/c1sc(Cl)nc1Cl. The molecule has 2 aromatic rings. The third-order valence-corrected chi connectivity index (χ3v) is 3.47. The summed E-state index contributed by atoms with van der Waals surface area (Å²) in [7, 11) is 0. The summed E-state index contributed by atoms with van der Waals surface area (Å²) in [5.74, 6) is -0.356. The Morgan fingerprint density at radius 1 is 1.33 bits per heavy atom. The Kier molecular flexibility index (Phi) is 3.91. The number of anilines is 1. The molecule has 10 heteroatoms. The van der Waals surface area contributed by atoms with Crippen molar-refractivity contribution in [1.29, 1.82) is 0 Å². The van der Waals surface area contributed by atoms with Gasteiger partial charge in [0.2, 0.25) is 5.88 Å². The fraction of sp³-hybridized carbons (Fsp3) is 0. The molecule has 0 radical (unpaired) electrons. The molecule has 3 N–H and O–H groups in total. The molecular weight excluding hydrogens is 317 g/mol. The fourth-order valence-corrected chi connectivity index (χ4v) is 2.49. The van der Waals surface area contributed by atoms with E-state index in [1.54, 1.807) is 0 Å². The quantitative estimate of drug-likeness (QED) is 0.448. The van der Waals surface area contributed by atoms with E-state index in [0.29, 0.717) is 9.34 Å². The first kappa shape index (κ1) is 13.3. The zero-order chi connectivity index (χ0) is 13.3. The Balaban J connectivity index is 2.37. The van der Waals surface area contributed by atoms with E-state index in [9.17, 15) is 5.11 Å². The molecule has 0 aliphatic rings. The average Bonchev–Trinajstić information content (AvgIpc) is 2.55. The third-order valence-electron chi connectivity index (χ3n) is 1.78. The summed E-state index contributed by atoms with van der Waals surface area (Å²) in [6.45, 7) is 0. The predicted molar refractivity (Wildman–Crippen MR) is 74.7 cm³/mol. The molecule has 2 rings (SSSR count). The van der Waals surface area contributed by atoms with Gasteiger partial charge in [-0.3, -0.25) is 0 Å². The Bertz CT molecular complexity index is 607. The van der Waals surface area contributed by atoms with Gasteiger partial charge in [-0.05, 0) is 0 Å². The number of aromatic hydroxyl groups is 1. The van der Waals surface area contributed by atoms with E-state index in [0.717, 1.165) is 11.3 Å². The standard InChI is InChI=1S/C8H5Cl2N5OS2/c9-4-2(18-7(10)13-4)1-12-3-5(11)14-8(17)15-6(3)16/h1H,(H4,11,14,15,16,17)/b12-1+. The van der Waals surface area contributed by atoms with Gasteiger partial charge in [-0.15, -0.1) is 12.6 Å². The molecule has 0 aliphatic heterocycles. The smallest absolute Gasteiger partial charge is 0.243 e. The molecule has 0 saturated heterocycles. The fourth-order valence-electron chi connectivity index (χ4n) is 1.06. The number of aliphatic imine (C=N–C) groups is 1. The lowest BCUT2D eigenvalue weighted by Gasteiger charge is -2.01. The average molecular weight is 322 g/mol. The van der Waals surface area contributed by atoms with E-state index in [1.165, 1.54) is 6.21 Å². The zero-order valence-electron chi connectivity index (χ0n) is 8.50. The van der Waals surface area contributed by atoms with Crippen molar-refractivity contribution in [2.24, 2.45) is 4.99 Å². The van der Waals surface area contributed by atoms with Crippen LogP contribution in [0.5, 0.6) is 5.88 Å². The molecule has 2 heterocycles. The van der Waals surface area contributed by atoms with Gasteiger partial charge in [0, 0.05) is 6.21 Å². The Labute approximate surface area is 121 Å². The molecule has 94 valence electrons. The molecule has 0 aromatic carbocycles. The number of thiol groups is 1. The van der Waals surface area contributed by atoms with Gasteiger partial charge in [-0.2, -0.15) is 4.98 Å². The first-order valence-electron chi connectivity index (χ1n) is 4.38. The number of nitrogens with two attached hydrogens (primary N) is 1. The molecule has 0 saturated carbocycles. The van der Waals surface area contributed by atoms with Crippen LogP contribution in [-0.2, 0) is 0 Å². The second-order valence-electron chi connectivity index (χ2n) is 2.96. The summed E-state index contributed by atoms with van der Waals surface area (Å²) < 4.78 is 0.292. The lowest BCUT2D eigenvalue weighted by Crippen LogP contribution is -1.94. The van der Waals surface area contributed by atoms with Gasteiger partial charge in [0.15, 0.2) is 26.3 Å². The van der Waals surface area contributed by atoms with Gasteiger partial charge in [0.1, 0.15) is 0 Å². The van der Waals surface area contributed by atoms with E-state index in [1.807, 2.05) is 0 Å². The first-order valence-corrected chi connectivity index (χ1v) is 6.40. The third kappa shape index (κ3) is 2.83. The van der Waals surface area contributed by atoms with Crippen molar-refractivity contribution >= 4 is 64.9 Å². The molecular formula is C8H5Cl2N5OS2. The summed E-state index contributed by atoms with van der Waals surface area (Å²) in [6, 6.07) is 0. The highest BCUT2D eigenvalue weighted by Gasteiger charge is 2.10. The van der Waals surface area contributed by atoms with E-state index in [4.69, 9.17) is 28.9 Å². The normalized spacial score (nSPS) is 11.3. The highest BCUT2D eigenvalue weighted by Crippen LogP contribution is 2.31. The minimum absolute atomic E-state index is 0.00971. The van der Waals surface area contributed by atoms with Crippen LogP contribution < -0.4 is 5.73 Å². The Morgan fingerprint density at radius 3 is 2.61 bits per heavy atom. The number of hydrogen-bond acceptors (Lipinski definition) is 8. The number of hydrogen-bond donors (Lipinski definition) is 3. The van der Waals surface area contributed by atoms with Crippen LogP contribution in [0.3, 0.4) is 0 Å². The minimum Gasteiger partial charge on any atom is -0.492 e. The lowest BCUT2D eigenvalue weighted by atomic mass is 10.4. The van der Waals surface area contributed by atoms with Crippen LogP contribution in [0.1, 0.15) is 4.88 Å². The molecule has 0 spiro atoms. The molecule has 2 aromatic heterocycles. The Hall–Kier alpha value is -1.09. The number of rotatable bonds is 2. The number of nitrogen functional groups attached to an aromatic ring is 1. The van der Waals surface area contributed by atoms with Crippen molar-refractivity contribution in [3.8, 4) is 5.88 Å². The molecule has 0 unspecified atom stereocenters. The largest absolute Gasteiger partial charge is 0.492 e. The highest BCUT2D eigenvalue weighted by atomic mass is 35.5. The second-order valence-corrected chi connectivity index (χ2v) is 5.33. The zero-order valence-corrected chi connectivity index (χ0v) is 11.7. The van der Waals surface area contributed by atoms with Gasteiger partial charge in [-0.1, -0.05) is 34.5 Å². The van der Waals surface area contributed by atoms with Crippen LogP contribution in [0.4, 0.5) is 11.5 Å². The lowest BCUT2D eigenvalue weighted by molar-refractivity contribution is 0.448. The van der Waals surface area contributed by atoms with Gasteiger partial charge < -0.3 is 10.8 Å². The summed E-state index contributed by atoms with van der Waals surface area (Å²) in [4.78, 5) is 15.7. The van der Waals surface area contributed by atoms with E-state index in [2.05, 4.69) is 32.6 Å². The number of thiazole rings is 1. The van der Waals surface area contributed by atoms with Crippen molar-refractivity contribution < 1.29 is 5.11 Å². The van der Waals surface area contributed by atoms with Crippen LogP contribution in [0.15, 0.2) is 10.1 Å². The van der Waals surface area contributed by atoms with Crippen LogP contribution in [0.25, 0.3) is 0 Å². The number of aromatic nitrogens is 3. The summed E-state index contributed by atoms with van der Waals surface area (Å²) in [5, 5.41) is 9.84. The van der Waals surface area contributed by atoms with Crippen LogP contribution in [0, 0.1) is 0 Å². The number of nitrogens with zero attached hydrogens (tertiary/aromatic N) is 4. The molecule has 0 amide bonds.